The molecule has 0 amide bonds. The largest absolute Gasteiger partial charge is 0.308 e. The lowest BCUT2D eigenvalue weighted by molar-refractivity contribution is 0.271. The Hall–Kier alpha value is -1.15. The first-order valence-electron chi connectivity index (χ1n) is 8.50. The van der Waals surface area contributed by atoms with Crippen molar-refractivity contribution in [2.75, 3.05) is 38.7 Å². The van der Waals surface area contributed by atoms with Crippen LogP contribution in [0.5, 0.6) is 0 Å². The summed E-state index contributed by atoms with van der Waals surface area (Å²) in [4.78, 5) is 6.91. The van der Waals surface area contributed by atoms with E-state index < -0.39 is 10.0 Å². The molecule has 1 aliphatic rings. The van der Waals surface area contributed by atoms with Crippen LogP contribution in [0.2, 0.25) is 0 Å². The second-order valence-electron chi connectivity index (χ2n) is 6.74. The number of nitrogens with zero attached hydrogens (tertiary/aromatic N) is 3. The predicted octanol–water partition coefficient (Wildman–Crippen LogP) is 2.60. The summed E-state index contributed by atoms with van der Waals surface area (Å²) in [5, 5.41) is 0.861. The molecule has 2 heterocycles. The van der Waals surface area contributed by atoms with Crippen LogP contribution in [0.1, 0.15) is 12.1 Å². The molecule has 136 valence electrons. The lowest BCUT2D eigenvalue weighted by atomic mass is 10.2. The quantitative estimate of drug-likeness (QED) is 0.817. The maximum atomic E-state index is 13.5. The van der Waals surface area contributed by atoms with Crippen LogP contribution in [0.25, 0.3) is 10.9 Å². The highest BCUT2D eigenvalue weighted by molar-refractivity contribution is 7.99. The highest BCUT2D eigenvalue weighted by Crippen LogP contribution is 2.28. The van der Waals surface area contributed by atoms with E-state index in [2.05, 4.69) is 9.88 Å². The Bertz CT molecular complexity index is 853. The van der Waals surface area contributed by atoms with Gasteiger partial charge in [0.05, 0.1) is 5.52 Å². The van der Waals surface area contributed by atoms with Gasteiger partial charge in [0.15, 0.2) is 0 Å². The van der Waals surface area contributed by atoms with Crippen molar-refractivity contribution >= 4 is 32.7 Å². The molecule has 1 aromatic carbocycles. The molecular weight excluding hydrogens is 354 g/mol. The molecule has 25 heavy (non-hydrogen) atoms. The molecular formula is C18H25N3O2S2. The molecule has 0 saturated carbocycles. The Morgan fingerprint density at radius 2 is 2.08 bits per heavy atom. The smallest absolute Gasteiger partial charge is 0.245 e. The molecule has 1 fully saturated rings. The second kappa shape index (κ2) is 7.61. The van der Waals surface area contributed by atoms with Gasteiger partial charge in [0.2, 0.25) is 10.0 Å². The number of thioether (sulfide) groups is 1. The van der Waals surface area contributed by atoms with Crippen LogP contribution < -0.4 is 0 Å². The number of pyridine rings is 1. The van der Waals surface area contributed by atoms with Gasteiger partial charge in [-0.05, 0) is 45.3 Å². The maximum Gasteiger partial charge on any atom is 0.245 e. The van der Waals surface area contributed by atoms with Gasteiger partial charge in [0.25, 0.3) is 0 Å². The highest BCUT2D eigenvalue weighted by atomic mass is 32.2. The lowest BCUT2D eigenvalue weighted by Gasteiger charge is -2.31. The van der Waals surface area contributed by atoms with Gasteiger partial charge in [-0.2, -0.15) is 16.1 Å². The summed E-state index contributed by atoms with van der Waals surface area (Å²) >= 11 is 1.84. The van der Waals surface area contributed by atoms with Gasteiger partial charge >= 0.3 is 0 Å². The molecule has 0 bridgehead atoms. The Labute approximate surface area is 154 Å². The predicted molar refractivity (Wildman–Crippen MR) is 105 cm³/mol. The van der Waals surface area contributed by atoms with Crippen molar-refractivity contribution in [1.82, 2.24) is 14.2 Å². The highest BCUT2D eigenvalue weighted by Gasteiger charge is 2.34. The minimum atomic E-state index is -3.59. The van der Waals surface area contributed by atoms with E-state index in [0.29, 0.717) is 17.0 Å². The summed E-state index contributed by atoms with van der Waals surface area (Å²) < 4.78 is 28.7. The Morgan fingerprint density at radius 1 is 1.28 bits per heavy atom. The van der Waals surface area contributed by atoms with Crippen molar-refractivity contribution < 1.29 is 8.42 Å². The fraction of sp³-hybridized carbons (Fsp3) is 0.500. The summed E-state index contributed by atoms with van der Waals surface area (Å²) in [5.74, 6) is 1.83. The molecule has 1 atom stereocenters. The SMILES string of the molecule is Cc1ccc2cccc(S(=O)(=O)N3CCCSCC3CN(C)C)c2n1. The fourth-order valence-corrected chi connectivity index (χ4v) is 6.21. The summed E-state index contributed by atoms with van der Waals surface area (Å²) in [6, 6.07) is 9.24. The second-order valence-corrected chi connectivity index (χ2v) is 9.75. The zero-order valence-corrected chi connectivity index (χ0v) is 16.6. The number of likely N-dealkylation sites (N-methyl/N-ethyl adjacent to an activating group) is 1. The average Bonchev–Trinajstić information content (AvgIpc) is 2.79. The average molecular weight is 380 g/mol. The molecule has 0 N–H and O–H groups in total. The third-order valence-electron chi connectivity index (χ3n) is 4.37. The van der Waals surface area contributed by atoms with Crippen LogP contribution in [0.15, 0.2) is 35.2 Å². The van der Waals surface area contributed by atoms with Gasteiger partial charge < -0.3 is 4.90 Å². The Morgan fingerprint density at radius 3 is 2.84 bits per heavy atom. The molecule has 1 saturated heterocycles. The first-order valence-corrected chi connectivity index (χ1v) is 11.1. The normalized spacial score (nSPS) is 20.1. The number of benzene rings is 1. The van der Waals surface area contributed by atoms with E-state index in [1.807, 2.05) is 51.0 Å². The van der Waals surface area contributed by atoms with E-state index in [0.717, 1.165) is 35.6 Å². The summed E-state index contributed by atoms with van der Waals surface area (Å²) in [6.07, 6.45) is 0.880. The third-order valence-corrected chi connectivity index (χ3v) is 7.55. The van der Waals surface area contributed by atoms with E-state index in [9.17, 15) is 8.42 Å². The maximum absolute atomic E-state index is 13.5. The van der Waals surface area contributed by atoms with Crippen molar-refractivity contribution in [3.05, 3.63) is 36.0 Å². The number of hydrogen-bond acceptors (Lipinski definition) is 5. The summed E-state index contributed by atoms with van der Waals surface area (Å²) in [5.41, 5.74) is 1.40. The number of rotatable bonds is 4. The number of fused-ring (bicyclic) bond motifs is 1. The van der Waals surface area contributed by atoms with E-state index >= 15 is 0 Å². The van der Waals surface area contributed by atoms with E-state index in [1.165, 1.54) is 0 Å². The summed E-state index contributed by atoms with van der Waals surface area (Å²) in [7, 11) is 0.386. The van der Waals surface area contributed by atoms with Gasteiger partial charge in [-0.1, -0.05) is 18.2 Å². The Balaban J connectivity index is 2.09. The molecule has 1 aliphatic heterocycles. The van der Waals surface area contributed by atoms with Crippen LogP contribution in [0.3, 0.4) is 0 Å². The fourth-order valence-electron chi connectivity index (χ4n) is 3.24. The van der Waals surface area contributed by atoms with Gasteiger partial charge in [0.1, 0.15) is 4.90 Å². The molecule has 1 aromatic heterocycles. The van der Waals surface area contributed by atoms with E-state index in [1.54, 1.807) is 16.4 Å². The van der Waals surface area contributed by atoms with E-state index in [4.69, 9.17) is 0 Å². The monoisotopic (exact) mass is 379 g/mol. The van der Waals surface area contributed by atoms with Crippen molar-refractivity contribution in [1.29, 1.82) is 0 Å². The first kappa shape index (κ1) is 18.6. The van der Waals surface area contributed by atoms with Gasteiger partial charge in [-0.25, -0.2) is 8.42 Å². The molecule has 7 heteroatoms. The van der Waals surface area contributed by atoms with Crippen LogP contribution >= 0.6 is 11.8 Å². The molecule has 0 aliphatic carbocycles. The van der Waals surface area contributed by atoms with Crippen molar-refractivity contribution in [2.24, 2.45) is 0 Å². The number of hydrogen-bond donors (Lipinski definition) is 0. The van der Waals surface area contributed by atoms with Crippen molar-refractivity contribution in [3.63, 3.8) is 0 Å². The number of para-hydroxylation sites is 1. The minimum Gasteiger partial charge on any atom is -0.308 e. The zero-order chi connectivity index (χ0) is 18.0. The summed E-state index contributed by atoms with van der Waals surface area (Å²) in [6.45, 7) is 3.18. The van der Waals surface area contributed by atoms with Gasteiger partial charge in [-0.15, -0.1) is 0 Å². The first-order chi connectivity index (χ1) is 11.9. The van der Waals surface area contributed by atoms with Crippen molar-refractivity contribution in [2.45, 2.75) is 24.3 Å². The van der Waals surface area contributed by atoms with Crippen LogP contribution in [-0.4, -0.2) is 67.3 Å². The topological polar surface area (TPSA) is 53.5 Å². The number of aromatic nitrogens is 1. The third kappa shape index (κ3) is 4.00. The molecule has 1 unspecified atom stereocenters. The standard InChI is InChI=1S/C18H25N3O2S2/c1-14-8-9-15-6-4-7-17(18(15)19-14)25(22,23)21-10-5-11-24-13-16(21)12-20(2)3/h4,6-9,16H,5,10-13H2,1-3H3. The van der Waals surface area contributed by atoms with Crippen molar-refractivity contribution in [3.8, 4) is 0 Å². The minimum absolute atomic E-state index is 0.0208. The Kier molecular flexibility index (Phi) is 5.68. The molecule has 0 radical (unpaired) electrons. The molecule has 2 aromatic rings. The number of aryl methyl sites for hydroxylation is 1. The number of sulfonamides is 1. The van der Waals surface area contributed by atoms with E-state index in [-0.39, 0.29) is 6.04 Å². The van der Waals surface area contributed by atoms with Crippen LogP contribution in [0, 0.1) is 6.92 Å². The van der Waals surface area contributed by atoms with Crippen LogP contribution in [-0.2, 0) is 10.0 Å². The van der Waals surface area contributed by atoms with Gasteiger partial charge in [0, 0.05) is 36.0 Å². The van der Waals surface area contributed by atoms with Crippen LogP contribution in [0.4, 0.5) is 0 Å². The van der Waals surface area contributed by atoms with Gasteiger partial charge in [-0.3, -0.25) is 4.98 Å². The lowest BCUT2D eigenvalue weighted by Crippen LogP contribution is -2.46. The molecule has 3 rings (SSSR count). The zero-order valence-electron chi connectivity index (χ0n) is 15.0. The molecule has 5 nitrogen and oxygen atoms in total. The molecule has 0 spiro atoms.